The molecule has 0 amide bonds. The standard InChI is InChI=1S/C13H11NS2.C3H4O4/c15-13(16)14(11-7-3-1-4-8-11)12-9-5-2-6-10-12;4-2(5)1-3(6)7/h1-10H,(H,15,16);1H2,(H,4,5)(H,6,7). The Hall–Kier alpha value is -2.38. The van der Waals surface area contributed by atoms with E-state index < -0.39 is 18.4 Å². The van der Waals surface area contributed by atoms with E-state index in [1.54, 1.807) is 0 Å². The highest BCUT2D eigenvalue weighted by molar-refractivity contribution is 8.11. The maximum absolute atomic E-state index is 9.43. The van der Waals surface area contributed by atoms with Gasteiger partial charge < -0.3 is 10.2 Å². The number of hydrogen-bond acceptors (Lipinski definition) is 3. The predicted molar refractivity (Wildman–Crippen MR) is 96.5 cm³/mol. The van der Waals surface area contributed by atoms with Crippen LogP contribution in [0.4, 0.5) is 11.4 Å². The van der Waals surface area contributed by atoms with Gasteiger partial charge in [0.2, 0.25) is 0 Å². The highest BCUT2D eigenvalue weighted by Gasteiger charge is 2.10. The molecular formula is C16H15NO4S2. The molecule has 0 aliphatic heterocycles. The molecule has 0 aromatic heterocycles. The fourth-order valence-corrected chi connectivity index (χ4v) is 2.10. The van der Waals surface area contributed by atoms with Crippen LogP contribution in [0.1, 0.15) is 6.42 Å². The van der Waals surface area contributed by atoms with Gasteiger partial charge in [-0.1, -0.05) is 48.6 Å². The lowest BCUT2D eigenvalue weighted by Crippen LogP contribution is -2.18. The molecule has 0 spiro atoms. The molecule has 0 saturated carbocycles. The van der Waals surface area contributed by atoms with Gasteiger partial charge >= 0.3 is 11.9 Å². The second-order valence-corrected chi connectivity index (χ2v) is 5.37. The van der Waals surface area contributed by atoms with Crippen LogP contribution in [-0.2, 0) is 9.59 Å². The zero-order chi connectivity index (χ0) is 17.2. The Balaban J connectivity index is 0.000000322. The summed E-state index contributed by atoms with van der Waals surface area (Å²) in [5, 5.41) is 15.4. The number of carbonyl (C=O) groups is 2. The third-order valence-electron chi connectivity index (χ3n) is 2.52. The number of thiocarbonyl (C=S) groups is 1. The maximum Gasteiger partial charge on any atom is 0.314 e. The van der Waals surface area contributed by atoms with Crippen molar-refractivity contribution in [1.82, 2.24) is 0 Å². The van der Waals surface area contributed by atoms with Crippen LogP contribution in [0.2, 0.25) is 0 Å². The van der Waals surface area contributed by atoms with E-state index in [0.29, 0.717) is 4.32 Å². The Morgan fingerprint density at radius 3 is 1.43 bits per heavy atom. The van der Waals surface area contributed by atoms with E-state index in [0.717, 1.165) is 11.4 Å². The van der Waals surface area contributed by atoms with E-state index in [1.165, 1.54) is 0 Å². The van der Waals surface area contributed by atoms with E-state index in [1.807, 2.05) is 65.6 Å². The number of aliphatic carboxylic acids is 2. The number of thiol groups is 1. The molecule has 120 valence electrons. The first-order chi connectivity index (χ1) is 10.9. The number of anilines is 2. The number of benzene rings is 2. The van der Waals surface area contributed by atoms with Crippen LogP contribution in [-0.4, -0.2) is 26.5 Å². The zero-order valence-electron chi connectivity index (χ0n) is 12.0. The summed E-state index contributed by atoms with van der Waals surface area (Å²) in [6.45, 7) is 0. The summed E-state index contributed by atoms with van der Waals surface area (Å²) in [6.07, 6.45) is -0.806. The molecule has 0 heterocycles. The average molecular weight is 349 g/mol. The van der Waals surface area contributed by atoms with Crippen molar-refractivity contribution in [2.45, 2.75) is 6.42 Å². The van der Waals surface area contributed by atoms with Crippen molar-refractivity contribution in [3.63, 3.8) is 0 Å². The number of hydrogen-bond donors (Lipinski definition) is 3. The summed E-state index contributed by atoms with van der Waals surface area (Å²) >= 11 is 9.44. The first-order valence-corrected chi connectivity index (χ1v) is 7.34. The van der Waals surface area contributed by atoms with Gasteiger partial charge in [-0.25, -0.2) is 0 Å². The van der Waals surface area contributed by atoms with Gasteiger partial charge in [0.15, 0.2) is 0 Å². The molecule has 0 saturated heterocycles. The third-order valence-corrected chi connectivity index (χ3v) is 2.91. The summed E-state index contributed by atoms with van der Waals surface area (Å²) < 4.78 is 0.539. The van der Waals surface area contributed by atoms with Crippen LogP contribution in [0.3, 0.4) is 0 Å². The Labute approximate surface area is 144 Å². The maximum atomic E-state index is 9.43. The zero-order valence-corrected chi connectivity index (χ0v) is 13.7. The van der Waals surface area contributed by atoms with Crippen molar-refractivity contribution < 1.29 is 19.8 Å². The predicted octanol–water partition coefficient (Wildman–Crippen LogP) is 3.59. The third kappa shape index (κ3) is 6.94. The highest BCUT2D eigenvalue weighted by atomic mass is 32.1. The smallest absolute Gasteiger partial charge is 0.314 e. The molecule has 23 heavy (non-hydrogen) atoms. The molecule has 7 heteroatoms. The molecule has 0 radical (unpaired) electrons. The van der Waals surface area contributed by atoms with Crippen molar-refractivity contribution in [2.24, 2.45) is 0 Å². The second-order valence-electron chi connectivity index (χ2n) is 4.25. The van der Waals surface area contributed by atoms with E-state index in [-0.39, 0.29) is 0 Å². The number of carboxylic acids is 2. The normalized spacial score (nSPS) is 9.26. The molecule has 2 aromatic rings. The molecule has 5 nitrogen and oxygen atoms in total. The highest BCUT2D eigenvalue weighted by Crippen LogP contribution is 2.26. The van der Waals surface area contributed by atoms with Gasteiger partial charge in [0, 0.05) is 11.4 Å². The van der Waals surface area contributed by atoms with Crippen LogP contribution < -0.4 is 4.90 Å². The van der Waals surface area contributed by atoms with Crippen LogP contribution in [0.5, 0.6) is 0 Å². The Morgan fingerprint density at radius 1 is 0.870 bits per heavy atom. The Bertz CT molecular complexity index is 611. The number of nitrogens with zero attached hydrogens (tertiary/aromatic N) is 1. The van der Waals surface area contributed by atoms with E-state index in [2.05, 4.69) is 12.6 Å². The van der Waals surface area contributed by atoms with E-state index in [9.17, 15) is 9.59 Å². The van der Waals surface area contributed by atoms with Crippen molar-refractivity contribution in [1.29, 1.82) is 0 Å². The molecule has 0 aliphatic rings. The van der Waals surface area contributed by atoms with E-state index >= 15 is 0 Å². The van der Waals surface area contributed by atoms with Crippen LogP contribution >= 0.6 is 24.8 Å². The molecular weight excluding hydrogens is 334 g/mol. The largest absolute Gasteiger partial charge is 0.481 e. The summed E-state index contributed by atoms with van der Waals surface area (Å²) in [5.74, 6) is -2.62. The molecule has 0 bridgehead atoms. The summed E-state index contributed by atoms with van der Waals surface area (Å²) in [7, 11) is 0. The Morgan fingerprint density at radius 2 is 1.22 bits per heavy atom. The molecule has 0 atom stereocenters. The lowest BCUT2D eigenvalue weighted by molar-refractivity contribution is -0.147. The number of carboxylic acid groups (broad SMARTS) is 2. The quantitative estimate of drug-likeness (QED) is 0.445. The van der Waals surface area contributed by atoms with Gasteiger partial charge in [0.1, 0.15) is 10.7 Å². The Kier molecular flexibility index (Phi) is 7.79. The van der Waals surface area contributed by atoms with Gasteiger partial charge in [-0.3, -0.25) is 14.5 Å². The topological polar surface area (TPSA) is 77.8 Å². The fourth-order valence-electron chi connectivity index (χ4n) is 1.65. The summed E-state index contributed by atoms with van der Waals surface area (Å²) in [4.78, 5) is 20.8. The van der Waals surface area contributed by atoms with Gasteiger partial charge in [-0.15, -0.1) is 12.6 Å². The molecule has 0 aliphatic carbocycles. The molecule has 2 rings (SSSR count). The average Bonchev–Trinajstić information content (AvgIpc) is 2.48. The monoisotopic (exact) mass is 349 g/mol. The molecule has 2 aromatic carbocycles. The van der Waals surface area contributed by atoms with Crippen molar-refractivity contribution in [3.05, 3.63) is 60.7 Å². The fraction of sp³-hybridized carbons (Fsp3) is 0.0625. The molecule has 0 unspecified atom stereocenters. The first kappa shape index (κ1) is 18.7. The van der Waals surface area contributed by atoms with Gasteiger partial charge in [-0.05, 0) is 24.3 Å². The van der Waals surface area contributed by atoms with E-state index in [4.69, 9.17) is 22.4 Å². The van der Waals surface area contributed by atoms with Crippen LogP contribution in [0.25, 0.3) is 0 Å². The lowest BCUT2D eigenvalue weighted by Gasteiger charge is -2.22. The minimum Gasteiger partial charge on any atom is -0.481 e. The first-order valence-electron chi connectivity index (χ1n) is 6.48. The number of rotatable bonds is 4. The number of para-hydroxylation sites is 2. The van der Waals surface area contributed by atoms with Crippen LogP contribution in [0, 0.1) is 0 Å². The summed E-state index contributed by atoms with van der Waals surface area (Å²) in [6, 6.07) is 19.9. The SMILES string of the molecule is O=C(O)CC(=O)O.S=C(S)N(c1ccccc1)c1ccccc1. The van der Waals surface area contributed by atoms with Crippen molar-refractivity contribution in [3.8, 4) is 0 Å². The van der Waals surface area contributed by atoms with Crippen LogP contribution in [0.15, 0.2) is 60.7 Å². The lowest BCUT2D eigenvalue weighted by atomic mass is 10.2. The van der Waals surface area contributed by atoms with Gasteiger partial charge in [-0.2, -0.15) is 0 Å². The minimum absolute atomic E-state index is 0.539. The minimum atomic E-state index is -1.31. The molecule has 0 fully saturated rings. The van der Waals surface area contributed by atoms with Gasteiger partial charge in [0.05, 0.1) is 0 Å². The second kappa shape index (κ2) is 9.60. The van der Waals surface area contributed by atoms with Crippen molar-refractivity contribution >= 4 is 52.5 Å². The van der Waals surface area contributed by atoms with Crippen molar-refractivity contribution in [2.75, 3.05) is 4.90 Å². The van der Waals surface area contributed by atoms with Gasteiger partial charge in [0.25, 0.3) is 0 Å². The molecule has 2 N–H and O–H groups in total. The summed E-state index contributed by atoms with van der Waals surface area (Å²) in [5.41, 5.74) is 2.04.